The number of nitrogens with zero attached hydrogens (tertiary/aromatic N) is 1. The van der Waals surface area contributed by atoms with Gasteiger partial charge in [0.1, 0.15) is 5.82 Å². The summed E-state index contributed by atoms with van der Waals surface area (Å²) in [5.41, 5.74) is 1.48. The molecule has 0 radical (unpaired) electrons. The standard InChI is InChI=1S/C13H14FNO2/c1-9-5-7-15(8-6-9)12-10(13(16)17)3-2-4-11(12)14/h2-5H,6-8H2,1H3,(H,16,17). The lowest BCUT2D eigenvalue weighted by molar-refractivity contribution is 0.0697. The second-order valence-corrected chi connectivity index (χ2v) is 4.19. The minimum atomic E-state index is -1.09. The molecular formula is C13H14FNO2. The van der Waals surface area contributed by atoms with Gasteiger partial charge in [-0.05, 0) is 25.5 Å². The number of aromatic carboxylic acids is 1. The molecule has 0 fully saturated rings. The van der Waals surface area contributed by atoms with E-state index < -0.39 is 11.8 Å². The van der Waals surface area contributed by atoms with Crippen molar-refractivity contribution in [2.75, 3.05) is 18.0 Å². The molecule has 17 heavy (non-hydrogen) atoms. The molecule has 1 aromatic rings. The molecule has 1 aromatic carbocycles. The number of carboxylic acid groups (broad SMARTS) is 1. The Kier molecular flexibility index (Phi) is 3.13. The van der Waals surface area contributed by atoms with Gasteiger partial charge in [0.05, 0.1) is 11.3 Å². The second kappa shape index (κ2) is 4.57. The van der Waals surface area contributed by atoms with Crippen LogP contribution in [0.1, 0.15) is 23.7 Å². The van der Waals surface area contributed by atoms with Gasteiger partial charge in [-0.3, -0.25) is 0 Å². The van der Waals surface area contributed by atoms with Gasteiger partial charge in [0.15, 0.2) is 0 Å². The van der Waals surface area contributed by atoms with Crippen molar-refractivity contribution in [1.82, 2.24) is 0 Å². The van der Waals surface area contributed by atoms with Crippen LogP contribution in [0.25, 0.3) is 0 Å². The first-order valence-electron chi connectivity index (χ1n) is 5.52. The number of carboxylic acids is 1. The number of rotatable bonds is 2. The average molecular weight is 235 g/mol. The summed E-state index contributed by atoms with van der Waals surface area (Å²) in [4.78, 5) is 12.8. The highest BCUT2D eigenvalue weighted by Gasteiger charge is 2.20. The molecule has 0 saturated carbocycles. The molecule has 2 rings (SSSR count). The molecule has 1 aliphatic rings. The molecular weight excluding hydrogens is 221 g/mol. The van der Waals surface area contributed by atoms with E-state index in [1.54, 1.807) is 4.90 Å². The Balaban J connectivity index is 2.41. The quantitative estimate of drug-likeness (QED) is 0.801. The molecule has 0 aliphatic carbocycles. The van der Waals surface area contributed by atoms with Crippen molar-refractivity contribution in [2.45, 2.75) is 13.3 Å². The van der Waals surface area contributed by atoms with E-state index in [4.69, 9.17) is 5.11 Å². The van der Waals surface area contributed by atoms with Crippen LogP contribution in [0.2, 0.25) is 0 Å². The van der Waals surface area contributed by atoms with Gasteiger partial charge in [0, 0.05) is 13.1 Å². The molecule has 1 N–H and O–H groups in total. The third-order valence-electron chi connectivity index (χ3n) is 2.97. The van der Waals surface area contributed by atoms with E-state index >= 15 is 0 Å². The first-order valence-corrected chi connectivity index (χ1v) is 5.52. The molecule has 3 nitrogen and oxygen atoms in total. The first-order chi connectivity index (χ1) is 8.09. The van der Waals surface area contributed by atoms with Gasteiger partial charge in [-0.2, -0.15) is 0 Å². The molecule has 0 unspecified atom stereocenters. The number of anilines is 1. The highest BCUT2D eigenvalue weighted by atomic mass is 19.1. The van der Waals surface area contributed by atoms with Crippen LogP contribution >= 0.6 is 0 Å². The maximum Gasteiger partial charge on any atom is 0.337 e. The fraction of sp³-hybridized carbons (Fsp3) is 0.308. The highest BCUT2D eigenvalue weighted by molar-refractivity contribution is 5.94. The van der Waals surface area contributed by atoms with Crippen molar-refractivity contribution >= 4 is 11.7 Å². The van der Waals surface area contributed by atoms with E-state index in [0.717, 1.165) is 6.42 Å². The predicted molar refractivity (Wildman–Crippen MR) is 63.9 cm³/mol. The summed E-state index contributed by atoms with van der Waals surface area (Å²) < 4.78 is 13.8. The molecule has 0 aromatic heterocycles. The number of hydrogen-bond acceptors (Lipinski definition) is 2. The molecule has 1 heterocycles. The lowest BCUT2D eigenvalue weighted by Gasteiger charge is -2.29. The highest BCUT2D eigenvalue weighted by Crippen LogP contribution is 2.27. The van der Waals surface area contributed by atoms with Gasteiger partial charge in [0.25, 0.3) is 0 Å². The minimum Gasteiger partial charge on any atom is -0.478 e. The first kappa shape index (κ1) is 11.6. The summed E-state index contributed by atoms with van der Waals surface area (Å²) in [5, 5.41) is 9.06. The van der Waals surface area contributed by atoms with Crippen molar-refractivity contribution in [3.05, 3.63) is 41.2 Å². The van der Waals surface area contributed by atoms with E-state index in [-0.39, 0.29) is 11.3 Å². The van der Waals surface area contributed by atoms with Crippen LogP contribution in [0, 0.1) is 5.82 Å². The van der Waals surface area contributed by atoms with Gasteiger partial charge in [-0.1, -0.05) is 17.7 Å². The second-order valence-electron chi connectivity index (χ2n) is 4.19. The normalized spacial score (nSPS) is 15.6. The Morgan fingerprint density at radius 3 is 2.82 bits per heavy atom. The Bertz CT molecular complexity index is 482. The third kappa shape index (κ3) is 2.30. The molecule has 1 aliphatic heterocycles. The maximum atomic E-state index is 13.8. The number of para-hydroxylation sites is 1. The topological polar surface area (TPSA) is 40.5 Å². The lowest BCUT2D eigenvalue weighted by atomic mass is 10.1. The number of halogens is 1. The van der Waals surface area contributed by atoms with Crippen molar-refractivity contribution in [3.8, 4) is 0 Å². The Labute approximate surface area is 99.2 Å². The Morgan fingerprint density at radius 2 is 2.24 bits per heavy atom. The summed E-state index contributed by atoms with van der Waals surface area (Å²) in [5.74, 6) is -1.57. The maximum absolute atomic E-state index is 13.8. The van der Waals surface area contributed by atoms with Gasteiger partial charge in [-0.15, -0.1) is 0 Å². The molecule has 0 atom stereocenters. The summed E-state index contributed by atoms with van der Waals surface area (Å²) in [6.45, 7) is 3.24. The van der Waals surface area contributed by atoms with E-state index in [1.807, 2.05) is 13.0 Å². The van der Waals surface area contributed by atoms with E-state index in [2.05, 4.69) is 0 Å². The summed E-state index contributed by atoms with van der Waals surface area (Å²) in [6.07, 6.45) is 2.84. The summed E-state index contributed by atoms with van der Waals surface area (Å²) >= 11 is 0. The zero-order chi connectivity index (χ0) is 12.4. The largest absolute Gasteiger partial charge is 0.478 e. The van der Waals surface area contributed by atoms with Crippen LogP contribution in [-0.4, -0.2) is 24.2 Å². The van der Waals surface area contributed by atoms with Crippen molar-refractivity contribution in [1.29, 1.82) is 0 Å². The zero-order valence-electron chi connectivity index (χ0n) is 9.61. The van der Waals surface area contributed by atoms with Crippen molar-refractivity contribution in [3.63, 3.8) is 0 Å². The minimum absolute atomic E-state index is 0.0259. The van der Waals surface area contributed by atoms with E-state index in [1.165, 1.54) is 23.8 Å². The predicted octanol–water partition coefficient (Wildman–Crippen LogP) is 2.68. The van der Waals surface area contributed by atoms with E-state index in [9.17, 15) is 9.18 Å². The molecule has 4 heteroatoms. The molecule has 0 bridgehead atoms. The van der Waals surface area contributed by atoms with Crippen LogP contribution in [0.15, 0.2) is 29.8 Å². The van der Waals surface area contributed by atoms with E-state index in [0.29, 0.717) is 13.1 Å². The SMILES string of the molecule is CC1=CCN(c2c(F)cccc2C(=O)O)CC1. The number of carbonyl (C=O) groups is 1. The molecule has 90 valence electrons. The fourth-order valence-corrected chi connectivity index (χ4v) is 1.98. The van der Waals surface area contributed by atoms with Crippen molar-refractivity contribution < 1.29 is 14.3 Å². The molecule has 0 amide bonds. The Morgan fingerprint density at radius 1 is 1.47 bits per heavy atom. The van der Waals surface area contributed by atoms with Crippen LogP contribution in [0.5, 0.6) is 0 Å². The van der Waals surface area contributed by atoms with Gasteiger partial charge < -0.3 is 10.0 Å². The molecule has 0 saturated heterocycles. The smallest absolute Gasteiger partial charge is 0.337 e. The van der Waals surface area contributed by atoms with Gasteiger partial charge >= 0.3 is 5.97 Å². The van der Waals surface area contributed by atoms with Crippen LogP contribution < -0.4 is 4.90 Å². The fourth-order valence-electron chi connectivity index (χ4n) is 1.98. The summed E-state index contributed by atoms with van der Waals surface area (Å²) in [7, 11) is 0. The van der Waals surface area contributed by atoms with Crippen molar-refractivity contribution in [2.24, 2.45) is 0 Å². The van der Waals surface area contributed by atoms with Crippen LogP contribution in [0.3, 0.4) is 0 Å². The van der Waals surface area contributed by atoms with Gasteiger partial charge in [0.2, 0.25) is 0 Å². The van der Waals surface area contributed by atoms with Gasteiger partial charge in [-0.25, -0.2) is 9.18 Å². The monoisotopic (exact) mass is 235 g/mol. The molecule has 0 spiro atoms. The lowest BCUT2D eigenvalue weighted by Crippen LogP contribution is -2.30. The number of hydrogen-bond donors (Lipinski definition) is 1. The zero-order valence-corrected chi connectivity index (χ0v) is 9.61. The third-order valence-corrected chi connectivity index (χ3v) is 2.97. The summed E-state index contributed by atoms with van der Waals surface area (Å²) in [6, 6.07) is 4.16. The number of benzene rings is 1. The average Bonchev–Trinajstić information content (AvgIpc) is 2.30. The van der Waals surface area contributed by atoms with Crippen LogP contribution in [0.4, 0.5) is 10.1 Å². The Hall–Kier alpha value is -1.84. The van der Waals surface area contributed by atoms with Crippen LogP contribution in [-0.2, 0) is 0 Å².